The summed E-state index contributed by atoms with van der Waals surface area (Å²) >= 11 is 0. The van der Waals surface area contributed by atoms with Gasteiger partial charge in [-0.15, -0.1) is 0 Å². The highest BCUT2D eigenvalue weighted by Gasteiger charge is 2.10. The van der Waals surface area contributed by atoms with Crippen molar-refractivity contribution in [2.75, 3.05) is 0 Å². The molecule has 0 amide bonds. The van der Waals surface area contributed by atoms with Gasteiger partial charge in [-0.2, -0.15) is 0 Å². The van der Waals surface area contributed by atoms with Gasteiger partial charge in [0.2, 0.25) is 0 Å². The molecule has 0 spiro atoms. The molecule has 3 rings (SSSR count). The number of imidazole rings is 1. The van der Waals surface area contributed by atoms with Gasteiger partial charge in [0, 0.05) is 20.3 Å². The molecule has 0 aromatic carbocycles. The van der Waals surface area contributed by atoms with Gasteiger partial charge in [-0.1, -0.05) is 0 Å². The van der Waals surface area contributed by atoms with E-state index in [1.54, 1.807) is 17.9 Å². The number of hydrogen-bond donors (Lipinski definition) is 0. The molecule has 5 heteroatoms. The minimum Gasteiger partial charge on any atom is -0.318 e. The van der Waals surface area contributed by atoms with Crippen molar-refractivity contribution in [2.24, 2.45) is 14.1 Å². The molecule has 0 radical (unpaired) electrons. The van der Waals surface area contributed by atoms with E-state index < -0.39 is 0 Å². The lowest BCUT2D eigenvalue weighted by atomic mass is 10.5. The smallest absolute Gasteiger partial charge is 0.276 e. The van der Waals surface area contributed by atoms with E-state index in [1.165, 1.54) is 0 Å². The van der Waals surface area contributed by atoms with Gasteiger partial charge in [0.25, 0.3) is 5.56 Å². The molecule has 0 saturated carbocycles. The van der Waals surface area contributed by atoms with Gasteiger partial charge in [-0.3, -0.25) is 13.8 Å². The Labute approximate surface area is 85.2 Å². The van der Waals surface area contributed by atoms with Crippen LogP contribution in [0.3, 0.4) is 0 Å². The molecule has 5 nitrogen and oxygen atoms in total. The summed E-state index contributed by atoms with van der Waals surface area (Å²) in [6.07, 6.45) is 3.59. The fraction of sp³-hybridized carbons (Fsp3) is 0.200. The van der Waals surface area contributed by atoms with E-state index in [-0.39, 0.29) is 5.56 Å². The lowest BCUT2D eigenvalue weighted by Crippen LogP contribution is -2.19. The average Bonchev–Trinajstić information content (AvgIpc) is 2.80. The second-order valence-corrected chi connectivity index (χ2v) is 3.63. The molecule has 3 heterocycles. The molecule has 0 unspecified atom stereocenters. The van der Waals surface area contributed by atoms with Crippen molar-refractivity contribution in [3.8, 4) is 0 Å². The third-order valence-corrected chi connectivity index (χ3v) is 2.71. The van der Waals surface area contributed by atoms with Crippen LogP contribution in [0.1, 0.15) is 0 Å². The van der Waals surface area contributed by atoms with Gasteiger partial charge >= 0.3 is 0 Å². The number of rotatable bonds is 0. The maximum atomic E-state index is 11.9. The average molecular weight is 202 g/mol. The molecule has 0 atom stereocenters. The van der Waals surface area contributed by atoms with Crippen LogP contribution in [0.25, 0.3) is 16.8 Å². The van der Waals surface area contributed by atoms with Crippen LogP contribution in [-0.2, 0) is 14.1 Å². The van der Waals surface area contributed by atoms with Crippen molar-refractivity contribution in [1.29, 1.82) is 0 Å². The van der Waals surface area contributed by atoms with Crippen LogP contribution in [-0.4, -0.2) is 18.5 Å². The predicted octanol–water partition coefficient (Wildman–Crippen LogP) is 0.525. The van der Waals surface area contributed by atoms with E-state index in [9.17, 15) is 4.79 Å². The Morgan fingerprint density at radius 1 is 1.33 bits per heavy atom. The van der Waals surface area contributed by atoms with Crippen LogP contribution >= 0.6 is 0 Å². The van der Waals surface area contributed by atoms with E-state index in [0.29, 0.717) is 11.2 Å². The Balaban J connectivity index is 2.80. The third kappa shape index (κ3) is 0.869. The van der Waals surface area contributed by atoms with Gasteiger partial charge in [-0.25, -0.2) is 4.98 Å². The van der Waals surface area contributed by atoms with Crippen LogP contribution in [0.4, 0.5) is 0 Å². The molecule has 0 aliphatic rings. The number of fused-ring (bicyclic) bond motifs is 3. The molecule has 0 aliphatic carbocycles. The fourth-order valence-corrected chi connectivity index (χ4v) is 1.93. The standard InChI is InChI=1S/C10H10N4O/c1-12-6-11-8-9(12)14-5-3-4-7(14)10(15)13(8)2/h3-6H,1-2H3. The first-order valence-corrected chi connectivity index (χ1v) is 4.67. The zero-order chi connectivity index (χ0) is 10.6. The Morgan fingerprint density at radius 2 is 2.13 bits per heavy atom. The Morgan fingerprint density at radius 3 is 2.93 bits per heavy atom. The van der Waals surface area contributed by atoms with Crippen molar-refractivity contribution in [1.82, 2.24) is 18.5 Å². The number of aryl methyl sites for hydroxylation is 2. The summed E-state index contributed by atoms with van der Waals surface area (Å²) in [7, 11) is 3.66. The summed E-state index contributed by atoms with van der Waals surface area (Å²) in [6, 6.07) is 3.68. The zero-order valence-corrected chi connectivity index (χ0v) is 8.51. The van der Waals surface area contributed by atoms with Gasteiger partial charge in [0.15, 0.2) is 11.3 Å². The summed E-state index contributed by atoms with van der Waals surface area (Å²) in [5.41, 5.74) is 2.28. The first-order valence-electron chi connectivity index (χ1n) is 4.67. The Kier molecular flexibility index (Phi) is 1.38. The first-order chi connectivity index (χ1) is 7.20. The summed E-state index contributed by atoms with van der Waals surface area (Å²) in [4.78, 5) is 16.1. The van der Waals surface area contributed by atoms with Gasteiger partial charge < -0.3 is 4.57 Å². The molecule has 3 aromatic rings. The Hall–Kier alpha value is -2.04. The number of aromatic nitrogens is 4. The molecule has 76 valence electrons. The second kappa shape index (κ2) is 2.50. The first kappa shape index (κ1) is 8.28. The normalized spacial score (nSPS) is 11.6. The highest BCUT2D eigenvalue weighted by Crippen LogP contribution is 2.11. The Bertz CT molecular complexity index is 716. The van der Waals surface area contributed by atoms with Crippen LogP contribution in [0.15, 0.2) is 29.5 Å². The molecule has 0 saturated heterocycles. The molecule has 0 N–H and O–H groups in total. The van der Waals surface area contributed by atoms with Crippen molar-refractivity contribution in [3.05, 3.63) is 35.0 Å². The summed E-state index contributed by atoms with van der Waals surface area (Å²) in [5, 5.41) is 0. The SMILES string of the molecule is Cn1cnc2c1n1cccc1c(=O)n2C. The zero-order valence-electron chi connectivity index (χ0n) is 8.51. The molecule has 0 bridgehead atoms. The number of nitrogens with zero attached hydrogens (tertiary/aromatic N) is 4. The highest BCUT2D eigenvalue weighted by molar-refractivity contribution is 5.72. The van der Waals surface area contributed by atoms with Crippen molar-refractivity contribution in [3.63, 3.8) is 0 Å². The van der Waals surface area contributed by atoms with Crippen molar-refractivity contribution in [2.45, 2.75) is 0 Å². The summed E-state index contributed by atoms with van der Waals surface area (Å²) in [6.45, 7) is 0. The molecule has 0 aliphatic heterocycles. The van der Waals surface area contributed by atoms with Gasteiger partial charge in [-0.05, 0) is 12.1 Å². The predicted molar refractivity (Wildman–Crippen MR) is 56.9 cm³/mol. The lowest BCUT2D eigenvalue weighted by molar-refractivity contribution is 0.877. The largest absolute Gasteiger partial charge is 0.318 e. The number of hydrogen-bond acceptors (Lipinski definition) is 2. The van der Waals surface area contributed by atoms with Crippen LogP contribution < -0.4 is 5.56 Å². The topological polar surface area (TPSA) is 44.2 Å². The minimum atomic E-state index is -0.0220. The fourth-order valence-electron chi connectivity index (χ4n) is 1.93. The van der Waals surface area contributed by atoms with E-state index >= 15 is 0 Å². The van der Waals surface area contributed by atoms with Gasteiger partial charge in [0.05, 0.1) is 6.33 Å². The van der Waals surface area contributed by atoms with Crippen molar-refractivity contribution < 1.29 is 0 Å². The van der Waals surface area contributed by atoms with E-state index in [4.69, 9.17) is 0 Å². The monoisotopic (exact) mass is 202 g/mol. The van der Waals surface area contributed by atoms with E-state index in [2.05, 4.69) is 4.98 Å². The quantitative estimate of drug-likeness (QED) is 0.533. The van der Waals surface area contributed by atoms with Crippen molar-refractivity contribution >= 4 is 16.8 Å². The van der Waals surface area contributed by atoms with Gasteiger partial charge in [0.1, 0.15) is 5.52 Å². The third-order valence-electron chi connectivity index (χ3n) is 2.71. The van der Waals surface area contributed by atoms with E-state index in [0.717, 1.165) is 5.65 Å². The lowest BCUT2D eigenvalue weighted by Gasteiger charge is -2.04. The minimum absolute atomic E-state index is 0.0220. The van der Waals surface area contributed by atoms with E-state index in [1.807, 2.05) is 34.3 Å². The van der Waals surface area contributed by atoms with Crippen LogP contribution in [0.2, 0.25) is 0 Å². The second-order valence-electron chi connectivity index (χ2n) is 3.63. The maximum absolute atomic E-state index is 11.9. The maximum Gasteiger partial charge on any atom is 0.276 e. The summed E-state index contributed by atoms with van der Waals surface area (Å²) in [5.74, 6) is 0. The molecular weight excluding hydrogens is 192 g/mol. The highest BCUT2D eigenvalue weighted by atomic mass is 16.1. The molecule has 15 heavy (non-hydrogen) atoms. The van der Waals surface area contributed by atoms with Crippen LogP contribution in [0.5, 0.6) is 0 Å². The molecule has 0 fully saturated rings. The molecule has 3 aromatic heterocycles. The summed E-state index contributed by atoms with van der Waals surface area (Å²) < 4.78 is 5.34. The molecular formula is C10H10N4O. The van der Waals surface area contributed by atoms with Crippen LogP contribution in [0, 0.1) is 0 Å².